The van der Waals surface area contributed by atoms with Crippen molar-refractivity contribution in [1.29, 1.82) is 0 Å². The first-order valence-electron chi connectivity index (χ1n) is 7.16. The molecule has 2 aliphatic heterocycles. The van der Waals surface area contributed by atoms with Crippen LogP contribution in [0.1, 0.15) is 24.8 Å². The lowest BCUT2D eigenvalue weighted by Crippen LogP contribution is -2.26. The van der Waals surface area contributed by atoms with E-state index in [1.807, 2.05) is 4.90 Å². The fourth-order valence-corrected chi connectivity index (χ4v) is 2.65. The van der Waals surface area contributed by atoms with E-state index in [4.69, 9.17) is 4.84 Å². The molecule has 0 radical (unpaired) electrons. The molecule has 1 fully saturated rings. The van der Waals surface area contributed by atoms with Crippen molar-refractivity contribution in [3.05, 3.63) is 51.7 Å². The molecule has 0 spiro atoms. The highest BCUT2D eigenvalue weighted by molar-refractivity contribution is 6.29. The second-order valence-corrected chi connectivity index (χ2v) is 5.23. The molecule has 0 unspecified atom stereocenters. The van der Waals surface area contributed by atoms with Crippen LogP contribution in [0.25, 0.3) is 0 Å². The van der Waals surface area contributed by atoms with Gasteiger partial charge in [0.2, 0.25) is 0 Å². The fraction of sp³-hybridized carbons (Fsp3) is 0.333. The van der Waals surface area contributed by atoms with Crippen molar-refractivity contribution in [2.75, 3.05) is 13.1 Å². The molecule has 2 aliphatic rings. The Labute approximate surface area is 127 Å². The van der Waals surface area contributed by atoms with Crippen molar-refractivity contribution in [3.63, 3.8) is 0 Å². The van der Waals surface area contributed by atoms with E-state index in [1.165, 1.54) is 12.5 Å². The summed E-state index contributed by atoms with van der Waals surface area (Å²) in [5, 5.41) is 14.9. The number of nitro groups is 1. The van der Waals surface area contributed by atoms with Gasteiger partial charge in [-0.1, -0.05) is 17.3 Å². The SMILES string of the molecule is O=C1ON=C(c2ccccc2[N+](=O)[O-])/C1=C/N1CCCCC1. The first kappa shape index (κ1) is 14.2. The number of piperidine rings is 1. The number of nitrogens with zero attached hydrogens (tertiary/aromatic N) is 3. The number of carbonyl (C=O) groups excluding carboxylic acids is 1. The summed E-state index contributed by atoms with van der Waals surface area (Å²) in [6.07, 6.45) is 5.02. The minimum Gasteiger partial charge on any atom is -0.377 e. The predicted octanol–water partition coefficient (Wildman–Crippen LogP) is 2.23. The van der Waals surface area contributed by atoms with Crippen molar-refractivity contribution >= 4 is 17.4 Å². The second-order valence-electron chi connectivity index (χ2n) is 5.23. The first-order chi connectivity index (χ1) is 10.7. The van der Waals surface area contributed by atoms with Gasteiger partial charge in [-0.05, 0) is 25.3 Å². The summed E-state index contributed by atoms with van der Waals surface area (Å²) in [6.45, 7) is 1.72. The summed E-state index contributed by atoms with van der Waals surface area (Å²) >= 11 is 0. The largest absolute Gasteiger partial charge is 0.377 e. The standard InChI is InChI=1S/C15H15N3O4/c19-15-12(10-17-8-4-1-5-9-17)14(16-22-15)11-6-2-3-7-13(11)18(20)21/h2-3,6-7,10H,1,4-5,8-9H2/b12-10-. The summed E-state index contributed by atoms with van der Waals surface area (Å²) < 4.78 is 0. The molecule has 0 atom stereocenters. The van der Waals surface area contributed by atoms with E-state index in [9.17, 15) is 14.9 Å². The van der Waals surface area contributed by atoms with Crippen LogP contribution in [0.3, 0.4) is 0 Å². The van der Waals surface area contributed by atoms with Gasteiger partial charge < -0.3 is 9.74 Å². The van der Waals surface area contributed by atoms with Crippen molar-refractivity contribution in [3.8, 4) is 0 Å². The van der Waals surface area contributed by atoms with E-state index in [2.05, 4.69) is 5.16 Å². The zero-order valence-corrected chi connectivity index (χ0v) is 11.9. The first-order valence-corrected chi connectivity index (χ1v) is 7.16. The molecule has 0 N–H and O–H groups in total. The number of oxime groups is 1. The predicted molar refractivity (Wildman–Crippen MR) is 79.2 cm³/mol. The van der Waals surface area contributed by atoms with Crippen molar-refractivity contribution in [2.24, 2.45) is 5.16 Å². The van der Waals surface area contributed by atoms with E-state index < -0.39 is 10.9 Å². The molecule has 1 saturated heterocycles. The van der Waals surface area contributed by atoms with Gasteiger partial charge in [-0.15, -0.1) is 0 Å². The topological polar surface area (TPSA) is 85.0 Å². The van der Waals surface area contributed by atoms with Gasteiger partial charge in [0.05, 0.1) is 10.5 Å². The van der Waals surface area contributed by atoms with Crippen molar-refractivity contribution in [2.45, 2.75) is 19.3 Å². The van der Waals surface area contributed by atoms with Gasteiger partial charge in [-0.2, -0.15) is 0 Å². The number of hydrogen-bond donors (Lipinski definition) is 0. The highest BCUT2D eigenvalue weighted by Crippen LogP contribution is 2.26. The smallest absolute Gasteiger partial charge is 0.369 e. The van der Waals surface area contributed by atoms with Crippen LogP contribution in [0.15, 0.2) is 41.2 Å². The van der Waals surface area contributed by atoms with Crippen molar-refractivity contribution < 1.29 is 14.6 Å². The molecular formula is C15H15N3O4. The van der Waals surface area contributed by atoms with E-state index in [0.29, 0.717) is 5.56 Å². The van der Waals surface area contributed by atoms with E-state index >= 15 is 0 Å². The van der Waals surface area contributed by atoms with Gasteiger partial charge in [0.15, 0.2) is 0 Å². The van der Waals surface area contributed by atoms with E-state index in [0.717, 1.165) is 25.9 Å². The molecule has 7 heteroatoms. The maximum absolute atomic E-state index is 11.9. The molecule has 22 heavy (non-hydrogen) atoms. The summed E-state index contributed by atoms with van der Waals surface area (Å²) in [5.74, 6) is -0.571. The lowest BCUT2D eigenvalue weighted by molar-refractivity contribution is -0.385. The van der Waals surface area contributed by atoms with Gasteiger partial charge in [0.1, 0.15) is 11.3 Å². The Bertz CT molecular complexity index is 675. The Morgan fingerprint density at radius 1 is 1.23 bits per heavy atom. The second kappa shape index (κ2) is 5.97. The van der Waals surface area contributed by atoms with Gasteiger partial charge in [-0.25, -0.2) is 4.79 Å². The van der Waals surface area contributed by atoms with Crippen LogP contribution in [-0.4, -0.2) is 34.6 Å². The van der Waals surface area contributed by atoms with Crippen LogP contribution < -0.4 is 0 Å². The highest BCUT2D eigenvalue weighted by atomic mass is 16.7. The minimum absolute atomic E-state index is 0.0934. The Kier molecular flexibility index (Phi) is 3.86. The molecule has 0 bridgehead atoms. The molecule has 2 heterocycles. The minimum atomic E-state index is -0.571. The maximum atomic E-state index is 11.9. The molecule has 3 rings (SSSR count). The van der Waals surface area contributed by atoms with Crippen molar-refractivity contribution in [1.82, 2.24) is 4.90 Å². The number of rotatable bonds is 3. The van der Waals surface area contributed by atoms with E-state index in [1.54, 1.807) is 24.4 Å². The molecular weight excluding hydrogens is 286 g/mol. The fourth-order valence-electron chi connectivity index (χ4n) is 2.65. The molecule has 7 nitrogen and oxygen atoms in total. The third kappa shape index (κ3) is 2.69. The number of benzene rings is 1. The van der Waals surface area contributed by atoms with Crippen LogP contribution in [0.4, 0.5) is 5.69 Å². The summed E-state index contributed by atoms with van der Waals surface area (Å²) in [6, 6.07) is 6.21. The number of hydrogen-bond acceptors (Lipinski definition) is 6. The summed E-state index contributed by atoms with van der Waals surface area (Å²) in [5.41, 5.74) is 0.699. The van der Waals surface area contributed by atoms with Gasteiger partial charge in [-0.3, -0.25) is 10.1 Å². The molecule has 0 saturated carbocycles. The Balaban J connectivity index is 1.97. The lowest BCUT2D eigenvalue weighted by atomic mass is 10.0. The van der Waals surface area contributed by atoms with Crippen LogP contribution in [0.2, 0.25) is 0 Å². The number of carbonyl (C=O) groups is 1. The third-order valence-corrected chi connectivity index (χ3v) is 3.75. The Hall–Kier alpha value is -2.70. The van der Waals surface area contributed by atoms with Crippen LogP contribution in [-0.2, 0) is 9.63 Å². The molecule has 1 aromatic rings. The molecule has 0 aliphatic carbocycles. The normalized spacial score (nSPS) is 20.0. The third-order valence-electron chi connectivity index (χ3n) is 3.75. The monoisotopic (exact) mass is 301 g/mol. The number of nitro benzene ring substituents is 1. The molecule has 0 amide bonds. The molecule has 0 aromatic heterocycles. The zero-order chi connectivity index (χ0) is 15.5. The highest BCUT2D eigenvalue weighted by Gasteiger charge is 2.32. The van der Waals surface area contributed by atoms with Crippen LogP contribution >= 0.6 is 0 Å². The quantitative estimate of drug-likeness (QED) is 0.370. The summed E-state index contributed by atoms with van der Waals surface area (Å²) in [4.78, 5) is 29.4. The van der Waals surface area contributed by atoms with Gasteiger partial charge in [0, 0.05) is 25.4 Å². The lowest BCUT2D eigenvalue weighted by Gasteiger charge is -2.25. The molecule has 114 valence electrons. The van der Waals surface area contributed by atoms with Crippen LogP contribution in [0, 0.1) is 10.1 Å². The van der Waals surface area contributed by atoms with Gasteiger partial charge >= 0.3 is 5.97 Å². The zero-order valence-electron chi connectivity index (χ0n) is 11.9. The van der Waals surface area contributed by atoms with Gasteiger partial charge in [0.25, 0.3) is 5.69 Å². The number of para-hydroxylation sites is 1. The average molecular weight is 301 g/mol. The van der Waals surface area contributed by atoms with E-state index in [-0.39, 0.29) is 17.0 Å². The van der Waals surface area contributed by atoms with Crippen LogP contribution in [0.5, 0.6) is 0 Å². The summed E-state index contributed by atoms with van der Waals surface area (Å²) in [7, 11) is 0. The Morgan fingerprint density at radius 3 is 2.68 bits per heavy atom. The Morgan fingerprint density at radius 2 is 1.95 bits per heavy atom. The number of likely N-dealkylation sites (tertiary alicyclic amines) is 1. The molecule has 1 aromatic carbocycles. The average Bonchev–Trinajstić information content (AvgIpc) is 2.89. The maximum Gasteiger partial charge on any atom is 0.369 e.